The Bertz CT molecular complexity index is 1450. The average Bonchev–Trinajstić information content (AvgIpc) is 3.49. The van der Waals surface area contributed by atoms with Crippen molar-refractivity contribution >= 4 is 29.7 Å². The van der Waals surface area contributed by atoms with Gasteiger partial charge in [-0.2, -0.15) is 0 Å². The highest BCUT2D eigenvalue weighted by Gasteiger charge is 2.41. The summed E-state index contributed by atoms with van der Waals surface area (Å²) < 4.78 is 0. The summed E-state index contributed by atoms with van der Waals surface area (Å²) in [6.07, 6.45) is 0.430. The molecule has 6 rings (SSSR count). The fourth-order valence-corrected chi connectivity index (χ4v) is 5.67. The number of hydrogen-bond acceptors (Lipinski definition) is 5. The van der Waals surface area contributed by atoms with Gasteiger partial charge >= 0.3 is 6.03 Å². The predicted octanol–water partition coefficient (Wildman–Crippen LogP) is 3.12. The van der Waals surface area contributed by atoms with Gasteiger partial charge in [0, 0.05) is 37.2 Å². The van der Waals surface area contributed by atoms with Gasteiger partial charge in [0.25, 0.3) is 11.8 Å². The van der Waals surface area contributed by atoms with Crippen LogP contribution in [-0.2, 0) is 16.1 Å². The van der Waals surface area contributed by atoms with Crippen LogP contribution in [0.4, 0.5) is 4.79 Å². The summed E-state index contributed by atoms with van der Waals surface area (Å²) >= 11 is 0. The first kappa shape index (κ1) is 24.5. The molecule has 0 saturated carbocycles. The molecule has 0 bridgehead atoms. The third-order valence-corrected chi connectivity index (χ3v) is 7.60. The molecule has 0 spiro atoms. The zero-order chi connectivity index (χ0) is 27.1. The second-order valence-electron chi connectivity index (χ2n) is 9.93. The number of amides is 6. The number of nitrogens with zero attached hydrogens (tertiary/aromatic N) is 3. The summed E-state index contributed by atoms with van der Waals surface area (Å²) in [7, 11) is 0. The third kappa shape index (κ3) is 4.35. The maximum Gasteiger partial charge on any atom is 0.327 e. The molecule has 3 heterocycles. The highest BCUT2D eigenvalue weighted by atomic mass is 16.2. The van der Waals surface area contributed by atoms with Crippen molar-refractivity contribution in [1.29, 1.82) is 0 Å². The van der Waals surface area contributed by atoms with Gasteiger partial charge in [0.2, 0.25) is 11.8 Å². The quantitative estimate of drug-likeness (QED) is 0.519. The maximum absolute atomic E-state index is 13.6. The minimum Gasteiger partial charge on any atom is -0.322 e. The minimum atomic E-state index is -0.733. The van der Waals surface area contributed by atoms with Crippen molar-refractivity contribution in [2.24, 2.45) is 0 Å². The lowest BCUT2D eigenvalue weighted by atomic mass is 9.97. The Balaban J connectivity index is 1.23. The number of rotatable bonds is 5. The van der Waals surface area contributed by atoms with Gasteiger partial charge in [-0.15, -0.1) is 0 Å². The first-order valence-electron chi connectivity index (χ1n) is 12.9. The molecule has 0 aromatic heterocycles. The third-order valence-electron chi connectivity index (χ3n) is 7.60. The van der Waals surface area contributed by atoms with Crippen molar-refractivity contribution in [3.05, 3.63) is 107 Å². The Morgan fingerprint density at radius 2 is 1.51 bits per heavy atom. The van der Waals surface area contributed by atoms with E-state index in [-0.39, 0.29) is 49.8 Å². The van der Waals surface area contributed by atoms with Crippen LogP contribution in [0.1, 0.15) is 56.3 Å². The molecule has 3 aromatic rings. The molecule has 2 fully saturated rings. The molecule has 3 aliphatic rings. The fourth-order valence-electron chi connectivity index (χ4n) is 5.67. The second-order valence-corrected chi connectivity index (χ2v) is 9.93. The SMILES string of the molecule is O=C1CCC(N2Cc3cc(C(=O)N4CCN(C(c5ccccc5)c5ccccc5)C4=O)ccc3C2=O)C(=O)N1. The van der Waals surface area contributed by atoms with Gasteiger partial charge in [-0.1, -0.05) is 60.7 Å². The molecule has 3 aromatic carbocycles. The standard InChI is InChI=1S/C30H26N4O5/c35-25-14-13-24(27(36)31-25)34-18-22-17-21(11-12-23(22)29(34)38)28(37)33-16-15-32(30(33)39)26(19-7-3-1-4-8-19)20-9-5-2-6-10-20/h1-12,17,24,26H,13-16,18H2,(H,31,35,36). The summed E-state index contributed by atoms with van der Waals surface area (Å²) in [6.45, 7) is 0.781. The van der Waals surface area contributed by atoms with E-state index in [1.54, 1.807) is 23.1 Å². The van der Waals surface area contributed by atoms with Crippen LogP contribution in [0.2, 0.25) is 0 Å². The molecular weight excluding hydrogens is 496 g/mol. The van der Waals surface area contributed by atoms with Crippen molar-refractivity contribution in [2.75, 3.05) is 13.1 Å². The Hall–Kier alpha value is -4.79. The largest absolute Gasteiger partial charge is 0.327 e. The summed E-state index contributed by atoms with van der Waals surface area (Å²) in [5.74, 6) is -1.58. The fraction of sp³-hybridized carbons (Fsp3) is 0.233. The van der Waals surface area contributed by atoms with Crippen LogP contribution in [0.5, 0.6) is 0 Å². The first-order valence-corrected chi connectivity index (χ1v) is 12.9. The minimum absolute atomic E-state index is 0.158. The van der Waals surface area contributed by atoms with Crippen molar-refractivity contribution in [2.45, 2.75) is 31.5 Å². The molecule has 9 heteroatoms. The number of carbonyl (C=O) groups excluding carboxylic acids is 5. The molecule has 0 radical (unpaired) electrons. The van der Waals surface area contributed by atoms with Gasteiger partial charge < -0.3 is 9.80 Å². The Kier molecular flexibility index (Phi) is 6.18. The van der Waals surface area contributed by atoms with E-state index in [4.69, 9.17) is 0 Å². The smallest absolute Gasteiger partial charge is 0.322 e. The average molecular weight is 523 g/mol. The molecular formula is C30H26N4O5. The number of carbonyl (C=O) groups is 5. The van der Waals surface area contributed by atoms with Crippen LogP contribution in [0.25, 0.3) is 0 Å². The lowest BCUT2D eigenvalue weighted by Crippen LogP contribution is -2.52. The zero-order valence-electron chi connectivity index (χ0n) is 21.1. The highest BCUT2D eigenvalue weighted by Crippen LogP contribution is 2.33. The number of piperidine rings is 1. The number of urea groups is 1. The van der Waals surface area contributed by atoms with Crippen LogP contribution in [0, 0.1) is 0 Å². The normalized spacial score (nSPS) is 19.1. The number of hydrogen-bond donors (Lipinski definition) is 1. The maximum atomic E-state index is 13.6. The van der Waals surface area contributed by atoms with Crippen LogP contribution in [-0.4, -0.2) is 63.5 Å². The summed E-state index contributed by atoms with van der Waals surface area (Å²) in [5.41, 5.74) is 3.24. The van der Waals surface area contributed by atoms with Crippen molar-refractivity contribution in [3.63, 3.8) is 0 Å². The van der Waals surface area contributed by atoms with Crippen LogP contribution in [0.15, 0.2) is 78.9 Å². The van der Waals surface area contributed by atoms with Crippen molar-refractivity contribution in [1.82, 2.24) is 20.0 Å². The molecule has 3 aliphatic heterocycles. The van der Waals surface area contributed by atoms with Gasteiger partial charge in [-0.25, -0.2) is 4.79 Å². The van der Waals surface area contributed by atoms with E-state index in [1.807, 2.05) is 60.7 Å². The molecule has 1 unspecified atom stereocenters. The molecule has 6 amide bonds. The topological polar surface area (TPSA) is 107 Å². The number of fused-ring (bicyclic) bond motifs is 1. The summed E-state index contributed by atoms with van der Waals surface area (Å²) in [6, 6.07) is 22.8. The molecule has 39 heavy (non-hydrogen) atoms. The van der Waals surface area contributed by atoms with Crippen LogP contribution >= 0.6 is 0 Å². The number of imide groups is 2. The Morgan fingerprint density at radius 3 is 2.15 bits per heavy atom. The van der Waals surface area contributed by atoms with Gasteiger partial charge in [0.1, 0.15) is 6.04 Å². The molecule has 2 saturated heterocycles. The van der Waals surface area contributed by atoms with Gasteiger partial charge in [-0.3, -0.25) is 29.4 Å². The molecule has 1 atom stereocenters. The first-order chi connectivity index (χ1) is 18.9. The monoisotopic (exact) mass is 522 g/mol. The lowest BCUT2D eigenvalue weighted by Gasteiger charge is -2.29. The van der Waals surface area contributed by atoms with E-state index in [0.717, 1.165) is 11.1 Å². The van der Waals surface area contributed by atoms with E-state index in [1.165, 1.54) is 9.80 Å². The lowest BCUT2D eigenvalue weighted by molar-refractivity contribution is -0.136. The second kappa shape index (κ2) is 9.83. The van der Waals surface area contributed by atoms with E-state index >= 15 is 0 Å². The Morgan fingerprint density at radius 1 is 0.846 bits per heavy atom. The van der Waals surface area contributed by atoms with E-state index in [2.05, 4.69) is 5.32 Å². The predicted molar refractivity (Wildman–Crippen MR) is 140 cm³/mol. The molecule has 9 nitrogen and oxygen atoms in total. The van der Waals surface area contributed by atoms with Gasteiger partial charge in [-0.05, 0) is 41.3 Å². The molecule has 196 valence electrons. The van der Waals surface area contributed by atoms with Gasteiger partial charge in [0.15, 0.2) is 0 Å². The molecule has 0 aliphatic carbocycles. The number of benzene rings is 3. The zero-order valence-corrected chi connectivity index (χ0v) is 21.1. The van der Waals surface area contributed by atoms with Crippen molar-refractivity contribution in [3.8, 4) is 0 Å². The van der Waals surface area contributed by atoms with E-state index < -0.39 is 17.9 Å². The van der Waals surface area contributed by atoms with Gasteiger partial charge in [0.05, 0.1) is 6.04 Å². The number of nitrogens with one attached hydrogen (secondary N) is 1. The molecule has 1 N–H and O–H groups in total. The van der Waals surface area contributed by atoms with Crippen LogP contribution in [0.3, 0.4) is 0 Å². The van der Waals surface area contributed by atoms with E-state index in [9.17, 15) is 24.0 Å². The van der Waals surface area contributed by atoms with E-state index in [0.29, 0.717) is 23.2 Å². The highest BCUT2D eigenvalue weighted by molar-refractivity contribution is 6.08. The van der Waals surface area contributed by atoms with Crippen molar-refractivity contribution < 1.29 is 24.0 Å². The summed E-state index contributed by atoms with van der Waals surface area (Å²) in [4.78, 5) is 68.4. The van der Waals surface area contributed by atoms with Crippen LogP contribution < -0.4 is 5.32 Å². The Labute approximate surface area is 225 Å². The summed E-state index contributed by atoms with van der Waals surface area (Å²) in [5, 5.41) is 2.29.